The van der Waals surface area contributed by atoms with Gasteiger partial charge in [-0.3, -0.25) is 4.98 Å². The third kappa shape index (κ3) is 6.47. The standard InChI is InChI=1S/C19H26N4.HI/c1-4-21-19(23-14-18-8-6-5-7-15(18)2)22-12-10-17-9-11-20-13-16(17)3;/h5-9,11,13H,4,10,12,14H2,1-3H3,(H2,21,22,23);1H. The Morgan fingerprint density at radius 3 is 2.54 bits per heavy atom. The average molecular weight is 438 g/mol. The molecule has 0 unspecified atom stereocenters. The minimum Gasteiger partial charge on any atom is -0.357 e. The van der Waals surface area contributed by atoms with Gasteiger partial charge >= 0.3 is 0 Å². The molecule has 0 atom stereocenters. The van der Waals surface area contributed by atoms with Gasteiger partial charge in [0, 0.05) is 25.5 Å². The monoisotopic (exact) mass is 438 g/mol. The molecule has 0 saturated heterocycles. The number of guanidine groups is 1. The Bertz CT molecular complexity index is 655. The molecule has 0 aliphatic heterocycles. The molecule has 0 spiro atoms. The summed E-state index contributed by atoms with van der Waals surface area (Å²) in [5.74, 6) is 0.863. The van der Waals surface area contributed by atoms with Crippen molar-refractivity contribution in [1.29, 1.82) is 0 Å². The highest BCUT2D eigenvalue weighted by Crippen LogP contribution is 2.08. The summed E-state index contributed by atoms with van der Waals surface area (Å²) in [6.45, 7) is 8.70. The van der Waals surface area contributed by atoms with Crippen LogP contribution in [0.3, 0.4) is 0 Å². The molecule has 0 aliphatic rings. The molecular weight excluding hydrogens is 411 g/mol. The van der Waals surface area contributed by atoms with E-state index in [0.717, 1.165) is 25.5 Å². The van der Waals surface area contributed by atoms with Crippen LogP contribution in [0.4, 0.5) is 0 Å². The van der Waals surface area contributed by atoms with Gasteiger partial charge in [-0.05, 0) is 55.5 Å². The Morgan fingerprint density at radius 1 is 1.04 bits per heavy atom. The number of nitrogens with zero attached hydrogens (tertiary/aromatic N) is 2. The van der Waals surface area contributed by atoms with Crippen LogP contribution in [0.5, 0.6) is 0 Å². The molecule has 1 heterocycles. The van der Waals surface area contributed by atoms with E-state index in [1.165, 1.54) is 22.3 Å². The van der Waals surface area contributed by atoms with Crippen molar-refractivity contribution in [2.75, 3.05) is 13.1 Å². The molecule has 0 saturated carbocycles. The van der Waals surface area contributed by atoms with Crippen molar-refractivity contribution in [3.05, 3.63) is 65.0 Å². The van der Waals surface area contributed by atoms with E-state index in [0.29, 0.717) is 6.54 Å². The van der Waals surface area contributed by atoms with Crippen LogP contribution in [0.25, 0.3) is 0 Å². The zero-order valence-electron chi connectivity index (χ0n) is 14.7. The van der Waals surface area contributed by atoms with Gasteiger partial charge in [0.15, 0.2) is 5.96 Å². The van der Waals surface area contributed by atoms with Crippen molar-refractivity contribution >= 4 is 29.9 Å². The Balaban J connectivity index is 0.00000288. The molecule has 130 valence electrons. The summed E-state index contributed by atoms with van der Waals surface area (Å²) in [4.78, 5) is 8.81. The number of aryl methyl sites for hydroxylation is 2. The van der Waals surface area contributed by atoms with Crippen molar-refractivity contribution < 1.29 is 0 Å². The second-order valence-electron chi connectivity index (χ2n) is 5.60. The van der Waals surface area contributed by atoms with Crippen LogP contribution in [0.1, 0.15) is 29.2 Å². The lowest BCUT2D eigenvalue weighted by Crippen LogP contribution is -2.38. The Labute approximate surface area is 162 Å². The molecule has 24 heavy (non-hydrogen) atoms. The van der Waals surface area contributed by atoms with Gasteiger partial charge in [0.05, 0.1) is 6.54 Å². The molecule has 0 bridgehead atoms. The normalized spacial score (nSPS) is 10.9. The summed E-state index contributed by atoms with van der Waals surface area (Å²) in [6.07, 6.45) is 4.72. The van der Waals surface area contributed by atoms with Gasteiger partial charge in [-0.15, -0.1) is 24.0 Å². The number of aliphatic imine (C=N–C) groups is 1. The molecule has 1 aromatic carbocycles. The SMILES string of the molecule is CCNC(=NCc1ccccc1C)NCCc1ccncc1C.I. The maximum absolute atomic E-state index is 4.68. The van der Waals surface area contributed by atoms with Gasteiger partial charge < -0.3 is 10.6 Å². The highest BCUT2D eigenvalue weighted by molar-refractivity contribution is 14.0. The van der Waals surface area contributed by atoms with E-state index in [4.69, 9.17) is 0 Å². The first-order valence-electron chi connectivity index (χ1n) is 8.17. The van der Waals surface area contributed by atoms with Gasteiger partial charge in [-0.25, -0.2) is 4.99 Å². The maximum Gasteiger partial charge on any atom is 0.191 e. The van der Waals surface area contributed by atoms with Gasteiger partial charge in [0.1, 0.15) is 0 Å². The first-order valence-corrected chi connectivity index (χ1v) is 8.17. The van der Waals surface area contributed by atoms with E-state index in [1.807, 2.05) is 12.4 Å². The number of aromatic nitrogens is 1. The molecule has 0 fully saturated rings. The molecule has 2 aromatic rings. The third-order valence-corrected chi connectivity index (χ3v) is 3.84. The second kappa shape index (κ2) is 11.0. The van der Waals surface area contributed by atoms with Crippen LogP contribution in [-0.2, 0) is 13.0 Å². The van der Waals surface area contributed by atoms with Crippen LogP contribution < -0.4 is 10.6 Å². The molecule has 2 N–H and O–H groups in total. The number of benzene rings is 1. The predicted octanol–water partition coefficient (Wildman–Crippen LogP) is 3.61. The summed E-state index contributed by atoms with van der Waals surface area (Å²) in [7, 11) is 0. The first kappa shape index (κ1) is 20.4. The van der Waals surface area contributed by atoms with E-state index in [2.05, 4.69) is 71.7 Å². The smallest absolute Gasteiger partial charge is 0.191 e. The van der Waals surface area contributed by atoms with Gasteiger partial charge in [0.25, 0.3) is 0 Å². The van der Waals surface area contributed by atoms with Crippen LogP contribution in [0.15, 0.2) is 47.7 Å². The molecule has 2 rings (SSSR count). The van der Waals surface area contributed by atoms with Crippen LogP contribution >= 0.6 is 24.0 Å². The van der Waals surface area contributed by atoms with E-state index in [-0.39, 0.29) is 24.0 Å². The minimum atomic E-state index is 0. The summed E-state index contributed by atoms with van der Waals surface area (Å²) >= 11 is 0. The van der Waals surface area contributed by atoms with Crippen molar-refractivity contribution in [2.45, 2.75) is 33.7 Å². The number of hydrogen-bond acceptors (Lipinski definition) is 2. The molecule has 1 aromatic heterocycles. The van der Waals surface area contributed by atoms with Crippen molar-refractivity contribution in [3.63, 3.8) is 0 Å². The maximum atomic E-state index is 4.68. The zero-order valence-corrected chi connectivity index (χ0v) is 17.0. The summed E-state index contributed by atoms with van der Waals surface area (Å²) in [6, 6.07) is 10.4. The number of nitrogens with one attached hydrogen (secondary N) is 2. The largest absolute Gasteiger partial charge is 0.357 e. The Morgan fingerprint density at radius 2 is 1.83 bits per heavy atom. The zero-order chi connectivity index (χ0) is 16.5. The lowest BCUT2D eigenvalue weighted by atomic mass is 10.1. The lowest BCUT2D eigenvalue weighted by molar-refractivity contribution is 0.796. The lowest BCUT2D eigenvalue weighted by Gasteiger charge is -2.12. The third-order valence-electron chi connectivity index (χ3n) is 3.84. The van der Waals surface area contributed by atoms with Crippen molar-refractivity contribution in [2.24, 2.45) is 4.99 Å². The van der Waals surface area contributed by atoms with E-state index < -0.39 is 0 Å². The minimum absolute atomic E-state index is 0. The average Bonchev–Trinajstić information content (AvgIpc) is 2.55. The molecule has 5 heteroatoms. The number of halogens is 1. The second-order valence-corrected chi connectivity index (χ2v) is 5.60. The van der Waals surface area contributed by atoms with Crippen LogP contribution in [0.2, 0.25) is 0 Å². The summed E-state index contributed by atoms with van der Waals surface area (Å²) in [5.41, 5.74) is 5.09. The number of rotatable bonds is 6. The molecule has 0 radical (unpaired) electrons. The molecule has 4 nitrogen and oxygen atoms in total. The highest BCUT2D eigenvalue weighted by atomic mass is 127. The molecular formula is C19H27IN4. The van der Waals surface area contributed by atoms with E-state index in [1.54, 1.807) is 0 Å². The summed E-state index contributed by atoms with van der Waals surface area (Å²) < 4.78 is 0. The van der Waals surface area contributed by atoms with E-state index in [9.17, 15) is 0 Å². The predicted molar refractivity (Wildman–Crippen MR) is 112 cm³/mol. The topological polar surface area (TPSA) is 49.3 Å². The molecule has 0 amide bonds. The van der Waals surface area contributed by atoms with E-state index >= 15 is 0 Å². The van der Waals surface area contributed by atoms with Crippen LogP contribution in [-0.4, -0.2) is 24.0 Å². The van der Waals surface area contributed by atoms with Crippen molar-refractivity contribution in [1.82, 2.24) is 15.6 Å². The number of hydrogen-bond donors (Lipinski definition) is 2. The Hall–Kier alpha value is -1.63. The highest BCUT2D eigenvalue weighted by Gasteiger charge is 2.01. The quantitative estimate of drug-likeness (QED) is 0.412. The van der Waals surface area contributed by atoms with Gasteiger partial charge in [-0.1, -0.05) is 24.3 Å². The van der Waals surface area contributed by atoms with Crippen molar-refractivity contribution in [3.8, 4) is 0 Å². The fourth-order valence-corrected chi connectivity index (χ4v) is 2.39. The fourth-order valence-electron chi connectivity index (χ4n) is 2.39. The van der Waals surface area contributed by atoms with Gasteiger partial charge in [0.2, 0.25) is 0 Å². The first-order chi connectivity index (χ1) is 11.2. The van der Waals surface area contributed by atoms with Gasteiger partial charge in [-0.2, -0.15) is 0 Å². The summed E-state index contributed by atoms with van der Waals surface area (Å²) in [5, 5.41) is 6.70. The van der Waals surface area contributed by atoms with Crippen LogP contribution in [0, 0.1) is 13.8 Å². The fraction of sp³-hybridized carbons (Fsp3) is 0.368. The Kier molecular flexibility index (Phi) is 9.37. The number of pyridine rings is 1. The molecule has 0 aliphatic carbocycles.